The molecule has 0 saturated carbocycles. The van der Waals surface area contributed by atoms with Crippen LogP contribution in [0.5, 0.6) is 0 Å². The normalized spacial score (nSPS) is 12.8. The van der Waals surface area contributed by atoms with E-state index in [1.807, 2.05) is 78.9 Å². The minimum absolute atomic E-state index is 0.00788. The molecule has 1 N–H and O–H groups in total. The third-order valence-electron chi connectivity index (χ3n) is 4.66. The Hall–Kier alpha value is -3.07. The monoisotopic (exact) mass is 344 g/mol. The zero-order chi connectivity index (χ0) is 18.2. The van der Waals surface area contributed by atoms with Crippen LogP contribution in [0, 0.1) is 0 Å². The lowest BCUT2D eigenvalue weighted by Gasteiger charge is -2.35. The molecule has 0 aliphatic heterocycles. The molecule has 2 unspecified atom stereocenters. The molecule has 0 saturated heterocycles. The molecule has 26 heavy (non-hydrogen) atoms. The molecule has 0 bridgehead atoms. The van der Waals surface area contributed by atoms with Crippen molar-refractivity contribution in [2.75, 3.05) is 16.9 Å². The van der Waals surface area contributed by atoms with E-state index in [9.17, 15) is 4.79 Å². The average molecular weight is 344 g/mol. The Morgan fingerprint density at radius 3 is 1.96 bits per heavy atom. The van der Waals surface area contributed by atoms with Crippen molar-refractivity contribution >= 4 is 17.7 Å². The second-order valence-electron chi connectivity index (χ2n) is 6.32. The first-order valence-electron chi connectivity index (χ1n) is 8.90. The molecule has 3 aromatic rings. The van der Waals surface area contributed by atoms with E-state index in [2.05, 4.69) is 29.3 Å². The maximum atomic E-state index is 11.9. The quantitative estimate of drug-likeness (QED) is 0.464. The summed E-state index contributed by atoms with van der Waals surface area (Å²) in [4.78, 5) is 14.1. The van der Waals surface area contributed by atoms with Crippen LogP contribution in [-0.2, 0) is 4.79 Å². The van der Waals surface area contributed by atoms with Crippen molar-refractivity contribution in [1.82, 2.24) is 0 Å². The summed E-state index contributed by atoms with van der Waals surface area (Å²) in [5.41, 5.74) is 3.19. The van der Waals surface area contributed by atoms with Crippen LogP contribution in [-0.4, -0.2) is 19.0 Å². The van der Waals surface area contributed by atoms with E-state index in [0.29, 0.717) is 6.67 Å². The zero-order valence-electron chi connectivity index (χ0n) is 15.0. The lowest BCUT2D eigenvalue weighted by atomic mass is 9.92. The molecule has 3 nitrogen and oxygen atoms in total. The van der Waals surface area contributed by atoms with Gasteiger partial charge < -0.3 is 15.0 Å². The summed E-state index contributed by atoms with van der Waals surface area (Å²) in [5.74, 6) is -0.200. The van der Waals surface area contributed by atoms with E-state index in [1.54, 1.807) is 0 Å². The fourth-order valence-electron chi connectivity index (χ4n) is 3.16. The number of hydrogen-bond acceptors (Lipinski definition) is 3. The third-order valence-corrected chi connectivity index (χ3v) is 4.66. The summed E-state index contributed by atoms with van der Waals surface area (Å²) >= 11 is 0. The van der Waals surface area contributed by atoms with Crippen LogP contribution in [0.15, 0.2) is 91.0 Å². The number of benzene rings is 3. The summed E-state index contributed by atoms with van der Waals surface area (Å²) in [7, 11) is 0. The molecule has 0 aliphatic carbocycles. The van der Waals surface area contributed by atoms with Gasteiger partial charge in [0.25, 0.3) is 0 Å². The summed E-state index contributed by atoms with van der Waals surface area (Å²) in [6.07, 6.45) is 1.05. The first-order chi connectivity index (χ1) is 12.8. The van der Waals surface area contributed by atoms with Gasteiger partial charge in [0.1, 0.15) is 6.29 Å². The van der Waals surface area contributed by atoms with Crippen LogP contribution in [0.1, 0.15) is 18.4 Å². The van der Waals surface area contributed by atoms with Crippen molar-refractivity contribution < 1.29 is 4.79 Å². The minimum Gasteiger partial charge on any atom is -0.368 e. The van der Waals surface area contributed by atoms with Crippen molar-refractivity contribution in [3.63, 3.8) is 0 Å². The molecular formula is C23H24N2O. The Balaban J connectivity index is 1.85. The largest absolute Gasteiger partial charge is 0.368 e. The molecule has 3 aromatic carbocycles. The van der Waals surface area contributed by atoms with Gasteiger partial charge in [0, 0.05) is 17.4 Å². The van der Waals surface area contributed by atoms with Crippen molar-refractivity contribution in [1.29, 1.82) is 0 Å². The topological polar surface area (TPSA) is 32.3 Å². The van der Waals surface area contributed by atoms with E-state index < -0.39 is 0 Å². The summed E-state index contributed by atoms with van der Waals surface area (Å²) in [6, 6.07) is 30.3. The van der Waals surface area contributed by atoms with Crippen molar-refractivity contribution in [2.24, 2.45) is 0 Å². The lowest BCUT2D eigenvalue weighted by Crippen LogP contribution is -2.41. The Morgan fingerprint density at radius 2 is 1.38 bits per heavy atom. The van der Waals surface area contributed by atoms with Crippen LogP contribution in [0.4, 0.5) is 11.4 Å². The molecule has 3 rings (SSSR count). The maximum Gasteiger partial charge on any atom is 0.129 e. The highest BCUT2D eigenvalue weighted by Crippen LogP contribution is 2.26. The number of aldehydes is 1. The second-order valence-corrected chi connectivity index (χ2v) is 6.32. The summed E-state index contributed by atoms with van der Waals surface area (Å²) < 4.78 is 0. The molecule has 0 aromatic heterocycles. The fraction of sp³-hybridized carbons (Fsp3) is 0.174. The van der Waals surface area contributed by atoms with Crippen molar-refractivity contribution in [3.8, 4) is 0 Å². The van der Waals surface area contributed by atoms with Gasteiger partial charge in [-0.15, -0.1) is 0 Å². The molecule has 2 atom stereocenters. The highest BCUT2D eigenvalue weighted by atomic mass is 16.1. The lowest BCUT2D eigenvalue weighted by molar-refractivity contribution is -0.109. The fourth-order valence-corrected chi connectivity index (χ4v) is 3.16. The van der Waals surface area contributed by atoms with Gasteiger partial charge >= 0.3 is 0 Å². The van der Waals surface area contributed by atoms with Crippen LogP contribution in [0.25, 0.3) is 0 Å². The number of anilines is 2. The smallest absolute Gasteiger partial charge is 0.129 e. The van der Waals surface area contributed by atoms with Gasteiger partial charge in [0.2, 0.25) is 0 Å². The Kier molecular flexibility index (Phi) is 6.05. The van der Waals surface area contributed by atoms with Crippen LogP contribution >= 0.6 is 0 Å². The predicted octanol–water partition coefficient (Wildman–Crippen LogP) is 4.93. The van der Waals surface area contributed by atoms with E-state index in [1.165, 1.54) is 0 Å². The van der Waals surface area contributed by atoms with Gasteiger partial charge in [-0.25, -0.2) is 0 Å². The number of para-hydroxylation sites is 2. The second kappa shape index (κ2) is 8.86. The number of carbonyl (C=O) groups is 1. The van der Waals surface area contributed by atoms with Crippen LogP contribution in [0.2, 0.25) is 0 Å². The Bertz CT molecular complexity index is 790. The van der Waals surface area contributed by atoms with Gasteiger partial charge in [-0.1, -0.05) is 66.7 Å². The number of carbonyl (C=O) groups excluding carboxylic acids is 1. The first kappa shape index (κ1) is 17.7. The standard InChI is InChI=1S/C23H24N2O/c1-19(23(17-26)20-11-5-2-6-12-20)25(22-15-9-4-10-16-22)18-24-21-13-7-3-8-14-21/h2-17,19,23-24H,18H2,1H3. The number of hydrogen-bond donors (Lipinski definition) is 1. The molecule has 0 spiro atoms. The summed E-state index contributed by atoms with van der Waals surface area (Å²) in [5, 5.41) is 3.46. The zero-order valence-corrected chi connectivity index (χ0v) is 15.0. The van der Waals surface area contributed by atoms with E-state index in [4.69, 9.17) is 0 Å². The first-order valence-corrected chi connectivity index (χ1v) is 8.90. The van der Waals surface area contributed by atoms with E-state index in [-0.39, 0.29) is 12.0 Å². The summed E-state index contributed by atoms with van der Waals surface area (Å²) in [6.45, 7) is 2.72. The number of nitrogens with one attached hydrogen (secondary N) is 1. The Labute approximate surface area is 155 Å². The molecule has 3 heteroatoms. The molecule has 0 fully saturated rings. The van der Waals surface area contributed by atoms with Gasteiger partial charge in [-0.2, -0.15) is 0 Å². The molecular weight excluding hydrogens is 320 g/mol. The molecule has 0 amide bonds. The SMILES string of the molecule is CC(C(C=O)c1ccccc1)N(CNc1ccccc1)c1ccccc1. The van der Waals surface area contributed by atoms with Crippen molar-refractivity contribution in [2.45, 2.75) is 18.9 Å². The minimum atomic E-state index is -0.200. The van der Waals surface area contributed by atoms with E-state index >= 15 is 0 Å². The van der Waals surface area contributed by atoms with Gasteiger partial charge in [-0.3, -0.25) is 0 Å². The van der Waals surface area contributed by atoms with Gasteiger partial charge in [0.15, 0.2) is 0 Å². The van der Waals surface area contributed by atoms with Gasteiger partial charge in [0.05, 0.1) is 12.6 Å². The molecule has 0 aliphatic rings. The Morgan fingerprint density at radius 1 is 0.846 bits per heavy atom. The van der Waals surface area contributed by atoms with Gasteiger partial charge in [-0.05, 0) is 36.8 Å². The molecule has 0 heterocycles. The van der Waals surface area contributed by atoms with Crippen molar-refractivity contribution in [3.05, 3.63) is 96.6 Å². The number of rotatable bonds is 8. The van der Waals surface area contributed by atoms with Crippen LogP contribution in [0.3, 0.4) is 0 Å². The highest BCUT2D eigenvalue weighted by Gasteiger charge is 2.25. The number of nitrogens with zero attached hydrogens (tertiary/aromatic N) is 1. The highest BCUT2D eigenvalue weighted by molar-refractivity contribution is 5.65. The third kappa shape index (κ3) is 4.31. The van der Waals surface area contributed by atoms with Crippen LogP contribution < -0.4 is 10.2 Å². The maximum absolute atomic E-state index is 11.9. The molecule has 0 radical (unpaired) electrons. The predicted molar refractivity (Wildman–Crippen MR) is 109 cm³/mol. The molecule has 132 valence electrons. The average Bonchev–Trinajstić information content (AvgIpc) is 2.71. The van der Waals surface area contributed by atoms with E-state index in [0.717, 1.165) is 23.2 Å².